The number of benzene rings is 1. The maximum atomic E-state index is 6.20. The van der Waals surface area contributed by atoms with Gasteiger partial charge >= 0.3 is 0 Å². The standard InChI is InChI=1S/C17H27N3/c1-13-7-9-20(12-16(13)18)11-14-5-6-17-15(10-14)4-3-8-19(17)2/h5-6,10,13,16H,3-4,7-9,11-12,18H2,1-2H3. The van der Waals surface area contributed by atoms with Gasteiger partial charge in [-0.1, -0.05) is 19.1 Å². The minimum Gasteiger partial charge on any atom is -0.374 e. The van der Waals surface area contributed by atoms with Crippen molar-refractivity contribution in [1.82, 2.24) is 4.90 Å². The summed E-state index contributed by atoms with van der Waals surface area (Å²) in [5, 5.41) is 0. The summed E-state index contributed by atoms with van der Waals surface area (Å²) in [5.41, 5.74) is 10.6. The Morgan fingerprint density at radius 1 is 1.30 bits per heavy atom. The highest BCUT2D eigenvalue weighted by molar-refractivity contribution is 5.56. The van der Waals surface area contributed by atoms with Crippen LogP contribution in [0.1, 0.15) is 30.9 Å². The molecule has 0 aliphatic carbocycles. The minimum atomic E-state index is 0.340. The fourth-order valence-electron chi connectivity index (χ4n) is 3.51. The zero-order valence-electron chi connectivity index (χ0n) is 12.8. The van der Waals surface area contributed by atoms with E-state index in [-0.39, 0.29) is 0 Å². The highest BCUT2D eigenvalue weighted by Gasteiger charge is 2.23. The van der Waals surface area contributed by atoms with Crippen LogP contribution in [0, 0.1) is 5.92 Å². The monoisotopic (exact) mass is 273 g/mol. The molecule has 2 unspecified atom stereocenters. The molecule has 1 aromatic rings. The highest BCUT2D eigenvalue weighted by atomic mass is 15.1. The van der Waals surface area contributed by atoms with Crippen LogP contribution in [0.4, 0.5) is 5.69 Å². The predicted octanol–water partition coefficient (Wildman–Crippen LogP) is 2.24. The first-order valence-corrected chi connectivity index (χ1v) is 7.94. The lowest BCUT2D eigenvalue weighted by Gasteiger charge is -2.35. The third-order valence-electron chi connectivity index (χ3n) is 5.00. The van der Waals surface area contributed by atoms with Crippen LogP contribution >= 0.6 is 0 Å². The van der Waals surface area contributed by atoms with Crippen molar-refractivity contribution in [2.45, 2.75) is 38.8 Å². The number of fused-ring (bicyclic) bond motifs is 1. The fraction of sp³-hybridized carbons (Fsp3) is 0.647. The van der Waals surface area contributed by atoms with Gasteiger partial charge in [0.1, 0.15) is 0 Å². The average molecular weight is 273 g/mol. The van der Waals surface area contributed by atoms with Crippen molar-refractivity contribution in [2.24, 2.45) is 11.7 Å². The smallest absolute Gasteiger partial charge is 0.0396 e. The van der Waals surface area contributed by atoms with Crippen LogP contribution in [-0.2, 0) is 13.0 Å². The van der Waals surface area contributed by atoms with Gasteiger partial charge in [0.25, 0.3) is 0 Å². The Labute approximate surface area is 122 Å². The summed E-state index contributed by atoms with van der Waals surface area (Å²) in [6.07, 6.45) is 3.73. The summed E-state index contributed by atoms with van der Waals surface area (Å²) in [5.74, 6) is 0.670. The molecule has 0 radical (unpaired) electrons. The lowest BCUT2D eigenvalue weighted by molar-refractivity contribution is 0.162. The third-order valence-corrected chi connectivity index (χ3v) is 5.00. The second kappa shape index (κ2) is 5.74. The Balaban J connectivity index is 1.69. The van der Waals surface area contributed by atoms with E-state index in [9.17, 15) is 0 Å². The van der Waals surface area contributed by atoms with Gasteiger partial charge in [-0.2, -0.15) is 0 Å². The van der Waals surface area contributed by atoms with E-state index in [1.807, 2.05) is 0 Å². The van der Waals surface area contributed by atoms with Gasteiger partial charge in [0.2, 0.25) is 0 Å². The number of likely N-dealkylation sites (tertiary alicyclic amines) is 1. The maximum absolute atomic E-state index is 6.20. The Morgan fingerprint density at radius 2 is 2.15 bits per heavy atom. The topological polar surface area (TPSA) is 32.5 Å². The molecule has 3 heteroatoms. The van der Waals surface area contributed by atoms with Gasteiger partial charge in [0.15, 0.2) is 0 Å². The molecule has 1 saturated heterocycles. The van der Waals surface area contributed by atoms with Gasteiger partial charge in [-0.15, -0.1) is 0 Å². The van der Waals surface area contributed by atoms with E-state index in [2.05, 4.69) is 42.0 Å². The molecule has 1 aromatic carbocycles. The van der Waals surface area contributed by atoms with Crippen LogP contribution in [0.15, 0.2) is 18.2 Å². The highest BCUT2D eigenvalue weighted by Crippen LogP contribution is 2.27. The van der Waals surface area contributed by atoms with Crippen molar-refractivity contribution in [3.8, 4) is 0 Å². The van der Waals surface area contributed by atoms with Crippen molar-refractivity contribution in [3.63, 3.8) is 0 Å². The minimum absolute atomic E-state index is 0.340. The van der Waals surface area contributed by atoms with Gasteiger partial charge in [0, 0.05) is 38.4 Å². The summed E-state index contributed by atoms with van der Waals surface area (Å²) < 4.78 is 0. The second-order valence-electron chi connectivity index (χ2n) is 6.65. The van der Waals surface area contributed by atoms with Crippen molar-refractivity contribution in [2.75, 3.05) is 31.6 Å². The van der Waals surface area contributed by atoms with E-state index in [0.717, 1.165) is 13.1 Å². The lowest BCUT2D eigenvalue weighted by atomic mass is 9.93. The van der Waals surface area contributed by atoms with Crippen molar-refractivity contribution < 1.29 is 0 Å². The Bertz CT molecular complexity index is 471. The number of aryl methyl sites for hydroxylation is 1. The summed E-state index contributed by atoms with van der Waals surface area (Å²) >= 11 is 0. The zero-order chi connectivity index (χ0) is 14.1. The van der Waals surface area contributed by atoms with E-state index < -0.39 is 0 Å². The van der Waals surface area contributed by atoms with Crippen LogP contribution in [0.25, 0.3) is 0 Å². The average Bonchev–Trinajstić information content (AvgIpc) is 2.43. The second-order valence-corrected chi connectivity index (χ2v) is 6.65. The summed E-state index contributed by atoms with van der Waals surface area (Å²) in [7, 11) is 2.20. The van der Waals surface area contributed by atoms with Crippen molar-refractivity contribution in [3.05, 3.63) is 29.3 Å². The molecular formula is C17H27N3. The lowest BCUT2D eigenvalue weighted by Crippen LogP contribution is -2.47. The Morgan fingerprint density at radius 3 is 2.95 bits per heavy atom. The molecule has 0 saturated carbocycles. The first-order chi connectivity index (χ1) is 9.63. The molecule has 2 N–H and O–H groups in total. The van der Waals surface area contributed by atoms with E-state index in [1.54, 1.807) is 0 Å². The number of piperidine rings is 1. The van der Waals surface area contributed by atoms with Gasteiger partial charge in [-0.3, -0.25) is 4.90 Å². The Hall–Kier alpha value is -1.06. The number of hydrogen-bond acceptors (Lipinski definition) is 3. The number of rotatable bonds is 2. The maximum Gasteiger partial charge on any atom is 0.0396 e. The number of nitrogens with two attached hydrogens (primary N) is 1. The van der Waals surface area contributed by atoms with Gasteiger partial charge in [-0.05, 0) is 48.9 Å². The van der Waals surface area contributed by atoms with Crippen LogP contribution in [0.5, 0.6) is 0 Å². The van der Waals surface area contributed by atoms with Gasteiger partial charge < -0.3 is 10.6 Å². The molecule has 2 aliphatic rings. The molecule has 2 heterocycles. The largest absolute Gasteiger partial charge is 0.374 e. The molecular weight excluding hydrogens is 246 g/mol. The Kier molecular flexibility index (Phi) is 3.99. The normalized spacial score (nSPS) is 27.4. The van der Waals surface area contributed by atoms with E-state index in [0.29, 0.717) is 12.0 Å². The first-order valence-electron chi connectivity index (χ1n) is 7.94. The quantitative estimate of drug-likeness (QED) is 0.897. The molecule has 0 spiro atoms. The van der Waals surface area contributed by atoms with Crippen LogP contribution in [-0.4, -0.2) is 37.6 Å². The van der Waals surface area contributed by atoms with Gasteiger partial charge in [-0.25, -0.2) is 0 Å². The van der Waals surface area contributed by atoms with Crippen molar-refractivity contribution >= 4 is 5.69 Å². The summed E-state index contributed by atoms with van der Waals surface area (Å²) in [4.78, 5) is 4.89. The first kappa shape index (κ1) is 13.9. The molecule has 3 nitrogen and oxygen atoms in total. The van der Waals surface area contributed by atoms with Crippen molar-refractivity contribution in [1.29, 1.82) is 0 Å². The number of nitrogens with zero attached hydrogens (tertiary/aromatic N) is 2. The zero-order valence-corrected chi connectivity index (χ0v) is 12.8. The SMILES string of the molecule is CC1CCN(Cc2ccc3c(c2)CCCN3C)CC1N. The summed E-state index contributed by atoms with van der Waals surface area (Å²) in [6, 6.07) is 7.35. The van der Waals surface area contributed by atoms with Crippen LogP contribution < -0.4 is 10.6 Å². The molecule has 2 atom stereocenters. The third kappa shape index (κ3) is 2.84. The predicted molar refractivity (Wildman–Crippen MR) is 85.1 cm³/mol. The molecule has 0 amide bonds. The number of anilines is 1. The molecule has 3 rings (SSSR count). The molecule has 1 fully saturated rings. The molecule has 0 bridgehead atoms. The molecule has 0 aromatic heterocycles. The molecule has 110 valence electrons. The van der Waals surface area contributed by atoms with E-state index in [1.165, 1.54) is 49.2 Å². The summed E-state index contributed by atoms with van der Waals surface area (Å²) in [6.45, 7) is 6.74. The van der Waals surface area contributed by atoms with Gasteiger partial charge in [0.05, 0.1) is 0 Å². The fourth-order valence-corrected chi connectivity index (χ4v) is 3.51. The molecule has 20 heavy (non-hydrogen) atoms. The molecule has 2 aliphatic heterocycles. The van der Waals surface area contributed by atoms with E-state index in [4.69, 9.17) is 5.73 Å². The van der Waals surface area contributed by atoms with Crippen LogP contribution in [0.3, 0.4) is 0 Å². The van der Waals surface area contributed by atoms with Crippen LogP contribution in [0.2, 0.25) is 0 Å². The van der Waals surface area contributed by atoms with E-state index >= 15 is 0 Å². The number of hydrogen-bond donors (Lipinski definition) is 1.